The molecule has 0 radical (unpaired) electrons. The predicted octanol–water partition coefficient (Wildman–Crippen LogP) is 2.34. The normalized spacial score (nSPS) is 11.5. The second kappa shape index (κ2) is 5.14. The minimum Gasteiger partial charge on any atom is -0.321 e. The predicted molar refractivity (Wildman–Crippen MR) is 53.6 cm³/mol. The molecule has 1 aromatic heterocycles. The van der Waals surface area contributed by atoms with Crippen LogP contribution >= 0.6 is 24.0 Å². The zero-order valence-electron chi connectivity index (χ0n) is 6.40. The average molecular weight is 205 g/mol. The molecule has 1 rings (SSSR count). The van der Waals surface area contributed by atoms with Gasteiger partial charge in [0.05, 0.1) is 0 Å². The monoisotopic (exact) mass is 204 g/mol. The smallest absolute Gasteiger partial charge is 0.129 e. The second-order valence-electron chi connectivity index (χ2n) is 2.18. The summed E-state index contributed by atoms with van der Waals surface area (Å²) in [6, 6.07) is 3.39. The van der Waals surface area contributed by atoms with Crippen LogP contribution in [0.25, 0.3) is 0 Å². The molecule has 0 unspecified atom stereocenters. The Labute approximate surface area is 82.9 Å². The van der Waals surface area contributed by atoms with Crippen molar-refractivity contribution in [2.45, 2.75) is 6.04 Å². The molecule has 4 heteroatoms. The molecule has 0 aromatic carbocycles. The topological polar surface area (TPSA) is 38.9 Å². The van der Waals surface area contributed by atoms with Gasteiger partial charge in [-0.2, -0.15) is 0 Å². The Morgan fingerprint density at radius 3 is 2.67 bits per heavy atom. The van der Waals surface area contributed by atoms with Gasteiger partial charge in [0, 0.05) is 12.2 Å². The molecule has 66 valence electrons. The van der Waals surface area contributed by atoms with Crippen LogP contribution in [0.2, 0.25) is 5.15 Å². The molecule has 0 saturated carbocycles. The van der Waals surface area contributed by atoms with E-state index in [1.54, 1.807) is 18.3 Å². The Morgan fingerprint density at radius 1 is 1.58 bits per heavy atom. The van der Waals surface area contributed by atoms with E-state index in [0.29, 0.717) is 5.15 Å². The maximum atomic E-state index is 5.64. The summed E-state index contributed by atoms with van der Waals surface area (Å²) in [5.41, 5.74) is 6.56. The minimum absolute atomic E-state index is 0. The molecule has 1 heterocycles. The van der Waals surface area contributed by atoms with Crippen LogP contribution < -0.4 is 5.73 Å². The van der Waals surface area contributed by atoms with Crippen molar-refractivity contribution in [3.63, 3.8) is 0 Å². The Hall–Kier alpha value is -0.570. The Morgan fingerprint density at radius 2 is 2.25 bits per heavy atom. The van der Waals surface area contributed by atoms with E-state index in [2.05, 4.69) is 11.6 Å². The van der Waals surface area contributed by atoms with E-state index in [-0.39, 0.29) is 18.4 Å². The third-order valence-electron chi connectivity index (χ3n) is 1.39. The molecule has 0 amide bonds. The number of hydrogen-bond donors (Lipinski definition) is 1. The zero-order valence-corrected chi connectivity index (χ0v) is 7.98. The van der Waals surface area contributed by atoms with Crippen molar-refractivity contribution in [2.75, 3.05) is 0 Å². The van der Waals surface area contributed by atoms with Crippen LogP contribution in [0.3, 0.4) is 0 Å². The molecule has 0 spiro atoms. The van der Waals surface area contributed by atoms with Gasteiger partial charge in [-0.3, -0.25) is 0 Å². The molecule has 2 nitrogen and oxygen atoms in total. The molecular weight excluding hydrogens is 195 g/mol. The lowest BCUT2D eigenvalue weighted by molar-refractivity contribution is 0.904. The van der Waals surface area contributed by atoms with Crippen molar-refractivity contribution < 1.29 is 0 Å². The summed E-state index contributed by atoms with van der Waals surface area (Å²) in [7, 11) is 0. The van der Waals surface area contributed by atoms with Gasteiger partial charge in [0.2, 0.25) is 0 Å². The van der Waals surface area contributed by atoms with E-state index in [1.165, 1.54) is 0 Å². The van der Waals surface area contributed by atoms with E-state index in [4.69, 9.17) is 17.3 Å². The minimum atomic E-state index is -0.153. The maximum Gasteiger partial charge on any atom is 0.129 e. The van der Waals surface area contributed by atoms with E-state index in [1.807, 2.05) is 6.07 Å². The Bertz CT molecular complexity index is 246. The number of halogens is 2. The van der Waals surface area contributed by atoms with Gasteiger partial charge in [-0.1, -0.05) is 23.7 Å². The first-order valence-corrected chi connectivity index (χ1v) is 3.61. The highest BCUT2D eigenvalue weighted by atomic mass is 35.5. The molecule has 0 bridgehead atoms. The number of pyridine rings is 1. The van der Waals surface area contributed by atoms with Crippen molar-refractivity contribution in [2.24, 2.45) is 5.73 Å². The quantitative estimate of drug-likeness (QED) is 0.594. The van der Waals surface area contributed by atoms with Crippen molar-refractivity contribution in [3.8, 4) is 0 Å². The summed E-state index contributed by atoms with van der Waals surface area (Å²) in [6.45, 7) is 3.57. The van der Waals surface area contributed by atoms with Gasteiger partial charge < -0.3 is 5.73 Å². The van der Waals surface area contributed by atoms with Crippen LogP contribution in [0.15, 0.2) is 31.0 Å². The summed E-state index contributed by atoms with van der Waals surface area (Å²) in [5, 5.41) is 0.477. The number of nitrogens with two attached hydrogens (primary N) is 1. The van der Waals surface area contributed by atoms with Gasteiger partial charge in [-0.15, -0.1) is 19.0 Å². The molecule has 2 N–H and O–H groups in total. The highest BCUT2D eigenvalue weighted by Gasteiger charge is 1.99. The lowest BCUT2D eigenvalue weighted by atomic mass is 10.1. The first kappa shape index (κ1) is 11.4. The first-order valence-electron chi connectivity index (χ1n) is 3.23. The second-order valence-corrected chi connectivity index (χ2v) is 2.56. The molecule has 12 heavy (non-hydrogen) atoms. The van der Waals surface area contributed by atoms with Gasteiger partial charge in [-0.05, 0) is 11.6 Å². The standard InChI is InChI=1S/C8H9ClN2.ClH/c1-2-7(10)6-3-4-8(9)11-5-6;/h2-5,7H,1,10H2;1H/t7-;/m1./s1. The third-order valence-corrected chi connectivity index (χ3v) is 1.61. The molecule has 0 aliphatic carbocycles. The first-order chi connectivity index (χ1) is 5.24. The van der Waals surface area contributed by atoms with Gasteiger partial charge in [0.25, 0.3) is 0 Å². The molecule has 1 atom stereocenters. The summed E-state index contributed by atoms with van der Waals surface area (Å²) >= 11 is 5.58. The summed E-state index contributed by atoms with van der Waals surface area (Å²) in [6.07, 6.45) is 3.31. The van der Waals surface area contributed by atoms with Crippen molar-refractivity contribution in [1.82, 2.24) is 4.98 Å². The van der Waals surface area contributed by atoms with Crippen molar-refractivity contribution >= 4 is 24.0 Å². The van der Waals surface area contributed by atoms with Crippen LogP contribution in [0, 0.1) is 0 Å². The zero-order chi connectivity index (χ0) is 8.27. The molecule has 0 fully saturated rings. The van der Waals surface area contributed by atoms with Crippen LogP contribution in [-0.2, 0) is 0 Å². The molecule has 0 aliphatic heterocycles. The number of aromatic nitrogens is 1. The van der Waals surface area contributed by atoms with Crippen LogP contribution in [-0.4, -0.2) is 4.98 Å². The molecule has 1 aromatic rings. The number of nitrogens with zero attached hydrogens (tertiary/aromatic N) is 1. The Balaban J connectivity index is 0.00000121. The average Bonchev–Trinajstić information content (AvgIpc) is 2.05. The van der Waals surface area contributed by atoms with E-state index < -0.39 is 0 Å². The van der Waals surface area contributed by atoms with Crippen LogP contribution in [0.4, 0.5) is 0 Å². The van der Waals surface area contributed by atoms with Gasteiger partial charge in [0.1, 0.15) is 5.15 Å². The number of rotatable bonds is 2. The largest absolute Gasteiger partial charge is 0.321 e. The fourth-order valence-electron chi connectivity index (χ4n) is 0.721. The number of hydrogen-bond acceptors (Lipinski definition) is 2. The summed E-state index contributed by atoms with van der Waals surface area (Å²) in [4.78, 5) is 3.89. The van der Waals surface area contributed by atoms with Gasteiger partial charge in [-0.25, -0.2) is 4.98 Å². The highest BCUT2D eigenvalue weighted by Crippen LogP contribution is 2.11. The summed E-state index contributed by atoms with van der Waals surface area (Å²) < 4.78 is 0. The van der Waals surface area contributed by atoms with Crippen molar-refractivity contribution in [1.29, 1.82) is 0 Å². The van der Waals surface area contributed by atoms with E-state index in [0.717, 1.165) is 5.56 Å². The Kier molecular flexibility index (Phi) is 4.90. The fraction of sp³-hybridized carbons (Fsp3) is 0.125. The third kappa shape index (κ3) is 2.81. The maximum absolute atomic E-state index is 5.64. The van der Waals surface area contributed by atoms with Crippen LogP contribution in [0.1, 0.15) is 11.6 Å². The van der Waals surface area contributed by atoms with Gasteiger partial charge >= 0.3 is 0 Å². The SMILES string of the molecule is C=C[C@@H](N)c1ccc(Cl)nc1.Cl. The van der Waals surface area contributed by atoms with Gasteiger partial charge in [0.15, 0.2) is 0 Å². The van der Waals surface area contributed by atoms with E-state index >= 15 is 0 Å². The molecule has 0 aliphatic rings. The fourth-order valence-corrected chi connectivity index (χ4v) is 0.832. The lowest BCUT2D eigenvalue weighted by Gasteiger charge is -2.04. The molecular formula is C8H10Cl2N2. The van der Waals surface area contributed by atoms with E-state index in [9.17, 15) is 0 Å². The summed E-state index contributed by atoms with van der Waals surface area (Å²) in [5.74, 6) is 0. The van der Waals surface area contributed by atoms with Crippen molar-refractivity contribution in [3.05, 3.63) is 41.7 Å². The lowest BCUT2D eigenvalue weighted by Crippen LogP contribution is -2.06. The molecule has 0 saturated heterocycles. The highest BCUT2D eigenvalue weighted by molar-refractivity contribution is 6.29. The van der Waals surface area contributed by atoms with Crippen LogP contribution in [0.5, 0.6) is 0 Å².